The summed E-state index contributed by atoms with van der Waals surface area (Å²) < 4.78 is 5.61. The van der Waals surface area contributed by atoms with Gasteiger partial charge in [-0.05, 0) is 47.3 Å². The van der Waals surface area contributed by atoms with Gasteiger partial charge in [0.2, 0.25) is 0 Å². The van der Waals surface area contributed by atoms with Crippen LogP contribution in [0.5, 0.6) is 5.75 Å². The lowest BCUT2D eigenvalue weighted by molar-refractivity contribution is -0.123. The van der Waals surface area contributed by atoms with Gasteiger partial charge in [0.05, 0.1) is 0 Å². The lowest BCUT2D eigenvalue weighted by atomic mass is 10.0. The fourth-order valence-corrected chi connectivity index (χ4v) is 3.00. The number of hydrogen-bond donors (Lipinski definition) is 3. The van der Waals surface area contributed by atoms with Crippen LogP contribution in [0.15, 0.2) is 66.7 Å². The molecule has 0 fully saturated rings. The Morgan fingerprint density at radius 3 is 2.37 bits per heavy atom. The molecule has 30 heavy (non-hydrogen) atoms. The fourth-order valence-electron chi connectivity index (χ4n) is 2.85. The van der Waals surface area contributed by atoms with Crippen LogP contribution in [0.2, 0.25) is 0 Å². The van der Waals surface area contributed by atoms with Crippen LogP contribution < -0.4 is 20.9 Å². The fraction of sp³-hybridized carbons (Fsp3) is 0.174. The van der Waals surface area contributed by atoms with Crippen molar-refractivity contribution in [3.8, 4) is 5.75 Å². The molecule has 0 aromatic heterocycles. The number of benzene rings is 3. The van der Waals surface area contributed by atoms with Gasteiger partial charge in [-0.1, -0.05) is 62.4 Å². The van der Waals surface area contributed by atoms with Gasteiger partial charge in [-0.25, -0.2) is 0 Å². The van der Waals surface area contributed by atoms with Crippen LogP contribution in [-0.2, 0) is 4.79 Å². The number of fused-ring (bicyclic) bond motifs is 1. The van der Waals surface area contributed by atoms with Crippen LogP contribution >= 0.6 is 12.2 Å². The van der Waals surface area contributed by atoms with E-state index < -0.39 is 5.91 Å². The summed E-state index contributed by atoms with van der Waals surface area (Å²) in [5.41, 5.74) is 6.54. The molecular weight excluding hydrogens is 398 g/mol. The Kier molecular flexibility index (Phi) is 6.98. The maximum Gasteiger partial charge on any atom is 0.276 e. The predicted octanol–water partition coefficient (Wildman–Crippen LogP) is 3.68. The van der Waals surface area contributed by atoms with Crippen molar-refractivity contribution < 1.29 is 14.3 Å². The van der Waals surface area contributed by atoms with Crippen molar-refractivity contribution >= 4 is 39.9 Å². The summed E-state index contributed by atoms with van der Waals surface area (Å²) >= 11 is 5.06. The van der Waals surface area contributed by atoms with Gasteiger partial charge in [0, 0.05) is 10.9 Å². The van der Waals surface area contributed by atoms with Crippen molar-refractivity contribution in [3.05, 3.63) is 77.9 Å². The van der Waals surface area contributed by atoms with Crippen molar-refractivity contribution in [2.45, 2.75) is 19.8 Å². The molecule has 3 N–H and O–H groups in total. The minimum atomic E-state index is -0.430. The van der Waals surface area contributed by atoms with E-state index in [1.54, 1.807) is 18.2 Å². The second-order valence-corrected chi connectivity index (χ2v) is 7.41. The topological polar surface area (TPSA) is 79.5 Å². The molecule has 0 atom stereocenters. The summed E-state index contributed by atoms with van der Waals surface area (Å²) in [4.78, 5) is 24.3. The monoisotopic (exact) mass is 421 g/mol. The standard InChI is InChI=1S/C23H23N3O3S/c1-15(2)16-10-12-18(13-11-16)22(28)24-23(30)26-25-21(27)14-29-20-9-5-7-17-6-3-4-8-19(17)20/h3-13,15H,14H2,1-2H3,(H,25,27)(H2,24,26,28,30). The molecule has 0 saturated carbocycles. The van der Waals surface area contributed by atoms with Crippen molar-refractivity contribution in [1.29, 1.82) is 0 Å². The minimum absolute atomic E-state index is 0.00792. The Morgan fingerprint density at radius 1 is 0.933 bits per heavy atom. The van der Waals surface area contributed by atoms with E-state index in [9.17, 15) is 9.59 Å². The van der Waals surface area contributed by atoms with Gasteiger partial charge in [0.25, 0.3) is 11.8 Å². The highest BCUT2D eigenvalue weighted by Gasteiger charge is 2.10. The van der Waals surface area contributed by atoms with E-state index in [2.05, 4.69) is 30.0 Å². The summed E-state index contributed by atoms with van der Waals surface area (Å²) in [5.74, 6) is 0.213. The Morgan fingerprint density at radius 2 is 1.63 bits per heavy atom. The normalized spacial score (nSPS) is 10.5. The molecule has 0 heterocycles. The van der Waals surface area contributed by atoms with Crippen molar-refractivity contribution in [2.75, 3.05) is 6.61 Å². The number of amides is 2. The van der Waals surface area contributed by atoms with Gasteiger partial charge >= 0.3 is 0 Å². The van der Waals surface area contributed by atoms with Crippen molar-refractivity contribution in [1.82, 2.24) is 16.2 Å². The first-order valence-electron chi connectivity index (χ1n) is 9.54. The highest BCUT2D eigenvalue weighted by Crippen LogP contribution is 2.24. The molecule has 0 bridgehead atoms. The molecule has 0 radical (unpaired) electrons. The van der Waals surface area contributed by atoms with Crippen LogP contribution in [0.4, 0.5) is 0 Å². The molecule has 7 heteroatoms. The SMILES string of the molecule is CC(C)c1ccc(C(=O)NC(=S)NNC(=O)COc2cccc3ccccc23)cc1. The van der Waals surface area contributed by atoms with E-state index >= 15 is 0 Å². The predicted molar refractivity (Wildman–Crippen MR) is 121 cm³/mol. The molecule has 3 rings (SSSR count). The van der Waals surface area contributed by atoms with Crippen LogP contribution in [-0.4, -0.2) is 23.5 Å². The van der Waals surface area contributed by atoms with Gasteiger partial charge < -0.3 is 4.74 Å². The Bertz CT molecular complexity index is 1060. The first kappa shape index (κ1) is 21.3. The second kappa shape index (κ2) is 9.84. The summed E-state index contributed by atoms with van der Waals surface area (Å²) in [5, 5.41) is 4.47. The van der Waals surface area contributed by atoms with Gasteiger partial charge in [-0.15, -0.1) is 0 Å². The zero-order valence-electron chi connectivity index (χ0n) is 16.8. The number of carbonyl (C=O) groups excluding carboxylic acids is 2. The van der Waals surface area contributed by atoms with E-state index in [1.165, 1.54) is 0 Å². The van der Waals surface area contributed by atoms with E-state index in [1.807, 2.05) is 48.5 Å². The minimum Gasteiger partial charge on any atom is -0.483 e. The molecular formula is C23H23N3O3S. The Balaban J connectivity index is 1.46. The number of thiocarbonyl (C=S) groups is 1. The number of hydrogen-bond acceptors (Lipinski definition) is 4. The molecule has 3 aromatic rings. The first-order chi connectivity index (χ1) is 14.4. The van der Waals surface area contributed by atoms with Crippen molar-refractivity contribution in [3.63, 3.8) is 0 Å². The summed E-state index contributed by atoms with van der Waals surface area (Å²) in [6.45, 7) is 3.97. The van der Waals surface area contributed by atoms with Gasteiger partial charge in [0.1, 0.15) is 5.75 Å². The van der Waals surface area contributed by atoms with E-state index in [0.29, 0.717) is 17.2 Å². The van der Waals surface area contributed by atoms with E-state index in [-0.39, 0.29) is 17.6 Å². The second-order valence-electron chi connectivity index (χ2n) is 7.00. The molecule has 2 amide bonds. The van der Waals surface area contributed by atoms with Crippen molar-refractivity contribution in [2.24, 2.45) is 0 Å². The molecule has 0 saturated heterocycles. The van der Waals surface area contributed by atoms with Crippen LogP contribution in [0, 0.1) is 0 Å². The third-order valence-corrected chi connectivity index (χ3v) is 4.69. The Hall–Kier alpha value is -3.45. The maximum atomic E-state index is 12.2. The first-order valence-corrected chi connectivity index (χ1v) is 9.95. The lowest BCUT2D eigenvalue weighted by Crippen LogP contribution is -2.49. The third kappa shape index (κ3) is 5.55. The molecule has 154 valence electrons. The molecule has 0 unspecified atom stereocenters. The maximum absolute atomic E-state index is 12.2. The third-order valence-electron chi connectivity index (χ3n) is 4.49. The van der Waals surface area contributed by atoms with Gasteiger partial charge in [-0.3, -0.25) is 25.8 Å². The van der Waals surface area contributed by atoms with Crippen LogP contribution in [0.1, 0.15) is 35.7 Å². The zero-order chi connectivity index (χ0) is 21.5. The molecule has 0 aliphatic carbocycles. The Labute approximate surface area is 180 Å². The number of hydrazine groups is 1. The average Bonchev–Trinajstić information content (AvgIpc) is 2.76. The van der Waals surface area contributed by atoms with Gasteiger partial charge in [-0.2, -0.15) is 0 Å². The van der Waals surface area contributed by atoms with E-state index in [0.717, 1.165) is 16.3 Å². The number of carbonyl (C=O) groups is 2. The number of rotatable bonds is 5. The highest BCUT2D eigenvalue weighted by atomic mass is 32.1. The zero-order valence-corrected chi connectivity index (χ0v) is 17.6. The number of ether oxygens (including phenoxy) is 1. The van der Waals surface area contributed by atoms with E-state index in [4.69, 9.17) is 17.0 Å². The smallest absolute Gasteiger partial charge is 0.276 e. The quantitative estimate of drug-likeness (QED) is 0.433. The van der Waals surface area contributed by atoms with Crippen LogP contribution in [0.3, 0.4) is 0 Å². The average molecular weight is 422 g/mol. The largest absolute Gasteiger partial charge is 0.483 e. The lowest BCUT2D eigenvalue weighted by Gasteiger charge is -2.12. The molecule has 3 aromatic carbocycles. The summed E-state index contributed by atoms with van der Waals surface area (Å²) in [6, 6.07) is 20.7. The summed E-state index contributed by atoms with van der Waals surface area (Å²) in [7, 11) is 0. The highest BCUT2D eigenvalue weighted by molar-refractivity contribution is 7.80. The van der Waals surface area contributed by atoms with Gasteiger partial charge in [0.15, 0.2) is 11.7 Å². The molecule has 6 nitrogen and oxygen atoms in total. The summed E-state index contributed by atoms with van der Waals surface area (Å²) in [6.07, 6.45) is 0. The van der Waals surface area contributed by atoms with Crippen LogP contribution in [0.25, 0.3) is 10.8 Å². The molecule has 0 aliphatic rings. The molecule has 0 aliphatic heterocycles. The molecule has 0 spiro atoms. The number of nitrogens with one attached hydrogen (secondary N) is 3.